The van der Waals surface area contributed by atoms with Gasteiger partial charge in [0, 0.05) is 12.2 Å². The highest BCUT2D eigenvalue weighted by Crippen LogP contribution is 2.12. The zero-order valence-corrected chi connectivity index (χ0v) is 14.4. The van der Waals surface area contributed by atoms with Gasteiger partial charge in [0.25, 0.3) is 0 Å². The van der Waals surface area contributed by atoms with Gasteiger partial charge in [0.1, 0.15) is 0 Å². The van der Waals surface area contributed by atoms with Gasteiger partial charge in [-0.2, -0.15) is 5.26 Å². The van der Waals surface area contributed by atoms with Crippen molar-refractivity contribution in [1.29, 1.82) is 5.26 Å². The van der Waals surface area contributed by atoms with E-state index in [1.165, 1.54) is 11.1 Å². The van der Waals surface area contributed by atoms with Crippen LogP contribution in [0.25, 0.3) is 0 Å². The largest absolute Gasteiger partial charge is 0.325 e. The number of nitrogens with zero attached hydrogens (tertiary/aromatic N) is 2. The molecule has 0 bridgehead atoms. The molecule has 0 heterocycles. The molecular formula is C20H23N3O. The maximum atomic E-state index is 12.4. The molecule has 0 radical (unpaired) electrons. The zero-order chi connectivity index (χ0) is 17.5. The highest BCUT2D eigenvalue weighted by Gasteiger charge is 2.18. The predicted molar refractivity (Wildman–Crippen MR) is 96.5 cm³/mol. The van der Waals surface area contributed by atoms with Crippen molar-refractivity contribution in [3.05, 3.63) is 65.2 Å². The van der Waals surface area contributed by atoms with E-state index in [9.17, 15) is 4.79 Å². The maximum Gasteiger partial charge on any atom is 0.241 e. The van der Waals surface area contributed by atoms with Crippen LogP contribution in [0.2, 0.25) is 0 Å². The van der Waals surface area contributed by atoms with Gasteiger partial charge < -0.3 is 5.32 Å². The average Bonchev–Trinajstić information content (AvgIpc) is 2.62. The Bertz CT molecular complexity index is 714. The highest BCUT2D eigenvalue weighted by molar-refractivity contribution is 5.94. The highest BCUT2D eigenvalue weighted by atomic mass is 16.2. The van der Waals surface area contributed by atoms with E-state index in [-0.39, 0.29) is 11.9 Å². The van der Waals surface area contributed by atoms with Crippen molar-refractivity contribution in [2.45, 2.75) is 32.9 Å². The minimum absolute atomic E-state index is 0.0626. The summed E-state index contributed by atoms with van der Waals surface area (Å²) in [6.45, 7) is 4.74. The van der Waals surface area contributed by atoms with Crippen LogP contribution in [-0.2, 0) is 17.8 Å². The van der Waals surface area contributed by atoms with Crippen LogP contribution in [0.15, 0.2) is 48.5 Å². The lowest BCUT2D eigenvalue weighted by Crippen LogP contribution is -2.39. The minimum Gasteiger partial charge on any atom is -0.325 e. The molecule has 0 fully saturated rings. The van der Waals surface area contributed by atoms with Gasteiger partial charge in [0.15, 0.2) is 0 Å². The molecule has 0 aliphatic rings. The second-order valence-corrected chi connectivity index (χ2v) is 5.94. The van der Waals surface area contributed by atoms with Crippen molar-refractivity contribution in [2.24, 2.45) is 0 Å². The number of anilines is 1. The first kappa shape index (κ1) is 17.7. The lowest BCUT2D eigenvalue weighted by Gasteiger charge is -2.24. The van der Waals surface area contributed by atoms with Crippen LogP contribution in [0, 0.1) is 11.3 Å². The van der Waals surface area contributed by atoms with Crippen molar-refractivity contribution < 1.29 is 4.79 Å². The van der Waals surface area contributed by atoms with E-state index in [1.54, 1.807) is 24.3 Å². The molecule has 1 atom stereocenters. The number of carbonyl (C=O) groups excluding carboxylic acids is 1. The first-order valence-electron chi connectivity index (χ1n) is 8.12. The van der Waals surface area contributed by atoms with Crippen molar-refractivity contribution in [3.8, 4) is 6.07 Å². The molecule has 0 aromatic heterocycles. The van der Waals surface area contributed by atoms with Crippen LogP contribution in [0.5, 0.6) is 0 Å². The fourth-order valence-corrected chi connectivity index (χ4v) is 2.38. The zero-order valence-electron chi connectivity index (χ0n) is 14.4. The van der Waals surface area contributed by atoms with Crippen LogP contribution in [0.1, 0.15) is 30.5 Å². The summed E-state index contributed by atoms with van der Waals surface area (Å²) in [5, 5.41) is 11.7. The number of hydrogen-bond donors (Lipinski definition) is 1. The topological polar surface area (TPSA) is 56.1 Å². The van der Waals surface area contributed by atoms with Crippen molar-refractivity contribution in [1.82, 2.24) is 4.90 Å². The summed E-state index contributed by atoms with van der Waals surface area (Å²) in [6, 6.07) is 17.2. The van der Waals surface area contributed by atoms with Crippen LogP contribution >= 0.6 is 0 Å². The van der Waals surface area contributed by atoms with Gasteiger partial charge in [-0.3, -0.25) is 9.69 Å². The molecule has 0 saturated carbocycles. The Labute approximate surface area is 143 Å². The van der Waals surface area contributed by atoms with Gasteiger partial charge in [-0.15, -0.1) is 0 Å². The Hall–Kier alpha value is -2.64. The number of amides is 1. The number of rotatable bonds is 6. The summed E-state index contributed by atoms with van der Waals surface area (Å²) >= 11 is 0. The lowest BCUT2D eigenvalue weighted by molar-refractivity contribution is -0.120. The smallest absolute Gasteiger partial charge is 0.241 e. The number of hydrogen-bond acceptors (Lipinski definition) is 3. The van der Waals surface area contributed by atoms with Crippen LogP contribution < -0.4 is 5.32 Å². The molecule has 4 heteroatoms. The van der Waals surface area contributed by atoms with Gasteiger partial charge in [-0.25, -0.2) is 0 Å². The molecule has 0 aliphatic heterocycles. The normalized spacial score (nSPS) is 11.8. The third kappa shape index (κ3) is 4.68. The first-order valence-corrected chi connectivity index (χ1v) is 8.12. The summed E-state index contributed by atoms with van der Waals surface area (Å²) in [6.07, 6.45) is 1.03. The van der Waals surface area contributed by atoms with Crippen LogP contribution in [0.4, 0.5) is 5.69 Å². The molecule has 0 saturated heterocycles. The summed E-state index contributed by atoms with van der Waals surface area (Å²) < 4.78 is 0. The van der Waals surface area contributed by atoms with E-state index in [0.717, 1.165) is 6.42 Å². The second-order valence-electron chi connectivity index (χ2n) is 5.94. The molecule has 24 heavy (non-hydrogen) atoms. The Balaban J connectivity index is 1.94. The second kappa shape index (κ2) is 8.28. The van der Waals surface area contributed by atoms with Gasteiger partial charge in [0.05, 0.1) is 17.7 Å². The quantitative estimate of drug-likeness (QED) is 0.885. The summed E-state index contributed by atoms with van der Waals surface area (Å²) in [5.74, 6) is -0.0626. The molecule has 2 rings (SSSR count). The van der Waals surface area contributed by atoms with Gasteiger partial charge in [-0.05, 0) is 55.8 Å². The molecule has 124 valence electrons. The number of likely N-dealkylation sites (N-methyl/N-ethyl adjacent to an activating group) is 1. The number of carbonyl (C=O) groups is 1. The Morgan fingerprint density at radius 2 is 1.71 bits per heavy atom. The average molecular weight is 321 g/mol. The van der Waals surface area contributed by atoms with E-state index < -0.39 is 0 Å². The van der Waals surface area contributed by atoms with E-state index in [0.29, 0.717) is 17.8 Å². The fraction of sp³-hybridized carbons (Fsp3) is 0.300. The fourth-order valence-electron chi connectivity index (χ4n) is 2.38. The summed E-state index contributed by atoms with van der Waals surface area (Å²) in [4.78, 5) is 14.4. The predicted octanol–water partition coefficient (Wildman–Crippen LogP) is 3.58. The van der Waals surface area contributed by atoms with Gasteiger partial charge in [0.2, 0.25) is 5.91 Å². The van der Waals surface area contributed by atoms with Crippen LogP contribution in [-0.4, -0.2) is 23.9 Å². The molecule has 1 N–H and O–H groups in total. The third-order valence-corrected chi connectivity index (χ3v) is 4.19. The molecule has 0 unspecified atom stereocenters. The number of aryl methyl sites for hydroxylation is 1. The minimum atomic E-state index is -0.258. The standard InChI is InChI=1S/C20H23N3O/c1-4-16-5-7-18(8-6-16)14-23(3)15(2)20(24)22-19-11-9-17(13-21)10-12-19/h5-12,15H,4,14H2,1-3H3,(H,22,24)/t15-/m1/s1. The first-order chi connectivity index (χ1) is 11.5. The van der Waals surface area contributed by atoms with Crippen molar-refractivity contribution in [2.75, 3.05) is 12.4 Å². The number of nitriles is 1. The van der Waals surface area contributed by atoms with E-state index in [2.05, 4.69) is 42.6 Å². The maximum absolute atomic E-state index is 12.4. The van der Waals surface area contributed by atoms with E-state index >= 15 is 0 Å². The molecule has 4 nitrogen and oxygen atoms in total. The van der Waals surface area contributed by atoms with E-state index in [1.807, 2.05) is 18.9 Å². The monoisotopic (exact) mass is 321 g/mol. The van der Waals surface area contributed by atoms with Gasteiger partial charge in [-0.1, -0.05) is 31.2 Å². The molecule has 1 amide bonds. The summed E-state index contributed by atoms with van der Waals surface area (Å²) in [5.41, 5.74) is 3.78. The van der Waals surface area contributed by atoms with Crippen molar-refractivity contribution >= 4 is 11.6 Å². The molecule has 2 aromatic rings. The summed E-state index contributed by atoms with van der Waals surface area (Å²) in [7, 11) is 1.94. The third-order valence-electron chi connectivity index (χ3n) is 4.19. The Kier molecular flexibility index (Phi) is 6.11. The Morgan fingerprint density at radius 1 is 1.12 bits per heavy atom. The molecule has 0 spiro atoms. The molecule has 0 aliphatic carbocycles. The number of benzene rings is 2. The molecular weight excluding hydrogens is 298 g/mol. The SMILES string of the molecule is CCc1ccc(CN(C)[C@H](C)C(=O)Nc2ccc(C#N)cc2)cc1. The molecule has 2 aromatic carbocycles. The van der Waals surface area contributed by atoms with E-state index in [4.69, 9.17) is 5.26 Å². The number of nitrogens with one attached hydrogen (secondary N) is 1. The van der Waals surface area contributed by atoms with Crippen LogP contribution in [0.3, 0.4) is 0 Å². The Morgan fingerprint density at radius 3 is 2.25 bits per heavy atom. The van der Waals surface area contributed by atoms with Gasteiger partial charge >= 0.3 is 0 Å². The lowest BCUT2D eigenvalue weighted by atomic mass is 10.1. The van der Waals surface area contributed by atoms with Crippen molar-refractivity contribution in [3.63, 3.8) is 0 Å².